The minimum atomic E-state index is -0.312. The van der Waals surface area contributed by atoms with Crippen LogP contribution in [0.2, 0.25) is 0 Å². The molecule has 3 rings (SSSR count). The predicted octanol–water partition coefficient (Wildman–Crippen LogP) is 3.52. The Balaban J connectivity index is 1.62. The molecule has 0 aliphatic rings. The number of oxazole rings is 1. The molecule has 0 aliphatic heterocycles. The summed E-state index contributed by atoms with van der Waals surface area (Å²) in [4.78, 5) is 9.33. The highest BCUT2D eigenvalue weighted by Crippen LogP contribution is 2.15. The molecule has 2 aromatic carbocycles. The zero-order chi connectivity index (χ0) is 13.8. The van der Waals surface area contributed by atoms with Crippen molar-refractivity contribution in [2.45, 2.75) is 6.61 Å². The summed E-state index contributed by atoms with van der Waals surface area (Å²) >= 11 is 0. The van der Waals surface area contributed by atoms with Crippen LogP contribution in [0.15, 0.2) is 58.1 Å². The molecule has 4 nitrogen and oxygen atoms in total. The maximum Gasteiger partial charge on any atom is 0.236 e. The lowest BCUT2D eigenvalue weighted by atomic mass is 10.2. The average molecular weight is 270 g/mol. The average Bonchev–Trinajstić information content (AvgIpc) is 2.86. The first-order chi connectivity index (χ1) is 9.81. The van der Waals surface area contributed by atoms with Crippen molar-refractivity contribution in [3.05, 3.63) is 65.8 Å². The normalized spacial score (nSPS) is 11.2. The van der Waals surface area contributed by atoms with Gasteiger partial charge >= 0.3 is 0 Å². The van der Waals surface area contributed by atoms with Gasteiger partial charge in [-0.15, -0.1) is 0 Å². The van der Waals surface area contributed by atoms with E-state index >= 15 is 0 Å². The first-order valence-corrected chi connectivity index (χ1v) is 6.06. The fourth-order valence-corrected chi connectivity index (χ4v) is 1.76. The molecule has 20 heavy (non-hydrogen) atoms. The minimum Gasteiger partial charge on any atom is -0.437 e. The number of hydrogen-bond donors (Lipinski definition) is 0. The van der Waals surface area contributed by atoms with Crippen molar-refractivity contribution < 1.29 is 13.6 Å². The van der Waals surface area contributed by atoms with Gasteiger partial charge in [0.05, 0.1) is 6.21 Å². The van der Waals surface area contributed by atoms with Gasteiger partial charge in [0.1, 0.15) is 11.3 Å². The second-order valence-corrected chi connectivity index (χ2v) is 4.14. The van der Waals surface area contributed by atoms with Gasteiger partial charge in [-0.1, -0.05) is 29.4 Å². The molecular weight excluding hydrogens is 259 g/mol. The molecule has 1 aromatic heterocycles. The Hall–Kier alpha value is -2.69. The zero-order valence-corrected chi connectivity index (χ0v) is 10.5. The molecule has 0 bridgehead atoms. The van der Waals surface area contributed by atoms with E-state index in [1.165, 1.54) is 18.3 Å². The molecule has 0 saturated heterocycles. The lowest BCUT2D eigenvalue weighted by Gasteiger charge is -1.95. The second-order valence-electron chi connectivity index (χ2n) is 4.14. The van der Waals surface area contributed by atoms with Gasteiger partial charge in [0.2, 0.25) is 5.89 Å². The first-order valence-electron chi connectivity index (χ1n) is 6.06. The second kappa shape index (κ2) is 5.52. The number of rotatable bonds is 4. The summed E-state index contributed by atoms with van der Waals surface area (Å²) in [6.45, 7) is 0.125. The van der Waals surface area contributed by atoms with Gasteiger partial charge in [-0.2, -0.15) is 0 Å². The van der Waals surface area contributed by atoms with E-state index in [-0.39, 0.29) is 12.4 Å². The molecule has 0 amide bonds. The van der Waals surface area contributed by atoms with E-state index < -0.39 is 0 Å². The Bertz CT molecular complexity index is 719. The topological polar surface area (TPSA) is 47.6 Å². The van der Waals surface area contributed by atoms with Crippen molar-refractivity contribution in [1.29, 1.82) is 0 Å². The van der Waals surface area contributed by atoms with Crippen molar-refractivity contribution in [2.24, 2.45) is 5.16 Å². The fraction of sp³-hybridized carbons (Fsp3) is 0.0667. The van der Waals surface area contributed by atoms with Crippen molar-refractivity contribution >= 4 is 17.3 Å². The highest BCUT2D eigenvalue weighted by molar-refractivity contribution is 5.78. The number of benzene rings is 2. The fourth-order valence-electron chi connectivity index (χ4n) is 1.76. The van der Waals surface area contributed by atoms with Crippen molar-refractivity contribution in [3.8, 4) is 0 Å². The summed E-state index contributed by atoms with van der Waals surface area (Å²) in [6.07, 6.45) is 1.44. The van der Waals surface area contributed by atoms with E-state index in [0.717, 1.165) is 5.52 Å². The molecular formula is C15H11FN2O2. The maximum absolute atomic E-state index is 12.9. The van der Waals surface area contributed by atoms with Crippen LogP contribution in [-0.4, -0.2) is 11.2 Å². The van der Waals surface area contributed by atoms with Gasteiger partial charge < -0.3 is 9.25 Å². The van der Waals surface area contributed by atoms with Crippen LogP contribution in [0.4, 0.5) is 4.39 Å². The number of halogens is 1. The standard InChI is InChI=1S/C15H11FN2O2/c16-12-5-3-4-11(8-12)9-17-19-10-15-18-13-6-1-2-7-14(13)20-15/h1-9H,10H2/b17-9-. The molecule has 0 spiro atoms. The van der Waals surface area contributed by atoms with Gasteiger partial charge in [-0.05, 0) is 29.8 Å². The van der Waals surface area contributed by atoms with Gasteiger partial charge in [0.15, 0.2) is 12.2 Å². The minimum absolute atomic E-state index is 0.125. The third-order valence-electron chi connectivity index (χ3n) is 2.65. The van der Waals surface area contributed by atoms with E-state index in [9.17, 15) is 4.39 Å². The molecule has 100 valence electrons. The number of aromatic nitrogens is 1. The molecule has 0 radical (unpaired) electrons. The van der Waals surface area contributed by atoms with Crippen LogP contribution in [0, 0.1) is 5.82 Å². The van der Waals surface area contributed by atoms with E-state index in [1.807, 2.05) is 24.3 Å². The van der Waals surface area contributed by atoms with Gasteiger partial charge in [-0.25, -0.2) is 9.37 Å². The molecule has 3 aromatic rings. The molecule has 0 fully saturated rings. The smallest absolute Gasteiger partial charge is 0.236 e. The van der Waals surface area contributed by atoms with E-state index in [4.69, 9.17) is 9.25 Å². The molecule has 0 unspecified atom stereocenters. The molecule has 5 heteroatoms. The number of para-hydroxylation sites is 2. The molecule has 1 heterocycles. The van der Waals surface area contributed by atoms with Gasteiger partial charge in [0, 0.05) is 0 Å². The van der Waals surface area contributed by atoms with Crippen molar-refractivity contribution in [3.63, 3.8) is 0 Å². The number of oxime groups is 1. The third kappa shape index (κ3) is 2.83. The quantitative estimate of drug-likeness (QED) is 0.538. The van der Waals surface area contributed by atoms with Gasteiger partial charge in [0.25, 0.3) is 0 Å². The molecule has 0 atom stereocenters. The number of nitrogens with zero attached hydrogens (tertiary/aromatic N) is 2. The monoisotopic (exact) mass is 270 g/mol. The zero-order valence-electron chi connectivity index (χ0n) is 10.5. The van der Waals surface area contributed by atoms with Crippen molar-refractivity contribution in [1.82, 2.24) is 4.98 Å². The van der Waals surface area contributed by atoms with Crippen LogP contribution >= 0.6 is 0 Å². The lowest BCUT2D eigenvalue weighted by molar-refractivity contribution is 0.113. The summed E-state index contributed by atoms with van der Waals surface area (Å²) in [5.74, 6) is 0.135. The highest BCUT2D eigenvalue weighted by atomic mass is 19.1. The van der Waals surface area contributed by atoms with Gasteiger partial charge in [-0.3, -0.25) is 0 Å². The van der Waals surface area contributed by atoms with Crippen LogP contribution in [-0.2, 0) is 11.4 Å². The summed E-state index contributed by atoms with van der Waals surface area (Å²) in [5.41, 5.74) is 2.11. The summed E-state index contributed by atoms with van der Waals surface area (Å²) in [6, 6.07) is 13.5. The van der Waals surface area contributed by atoms with Crippen LogP contribution in [0.1, 0.15) is 11.5 Å². The highest BCUT2D eigenvalue weighted by Gasteiger charge is 2.04. The Morgan fingerprint density at radius 1 is 1.20 bits per heavy atom. The summed E-state index contributed by atoms with van der Waals surface area (Å²) in [5, 5.41) is 3.76. The summed E-state index contributed by atoms with van der Waals surface area (Å²) in [7, 11) is 0. The molecule has 0 aliphatic carbocycles. The Morgan fingerprint density at radius 3 is 2.95 bits per heavy atom. The van der Waals surface area contributed by atoms with Crippen LogP contribution in [0.3, 0.4) is 0 Å². The van der Waals surface area contributed by atoms with E-state index in [0.29, 0.717) is 17.0 Å². The third-order valence-corrected chi connectivity index (χ3v) is 2.65. The number of hydrogen-bond acceptors (Lipinski definition) is 4. The van der Waals surface area contributed by atoms with Crippen LogP contribution < -0.4 is 0 Å². The summed E-state index contributed by atoms with van der Waals surface area (Å²) < 4.78 is 18.4. The first kappa shape index (κ1) is 12.3. The number of fused-ring (bicyclic) bond motifs is 1. The molecule has 0 saturated carbocycles. The Labute approximate surface area is 114 Å². The maximum atomic E-state index is 12.9. The SMILES string of the molecule is Fc1cccc(/C=N\OCc2nc3ccccc3o2)c1. The van der Waals surface area contributed by atoms with E-state index in [2.05, 4.69) is 10.1 Å². The lowest BCUT2D eigenvalue weighted by Crippen LogP contribution is -1.88. The van der Waals surface area contributed by atoms with Crippen LogP contribution in [0.25, 0.3) is 11.1 Å². The largest absolute Gasteiger partial charge is 0.437 e. The van der Waals surface area contributed by atoms with E-state index in [1.54, 1.807) is 12.1 Å². The molecule has 0 N–H and O–H groups in total. The Morgan fingerprint density at radius 2 is 2.10 bits per heavy atom. The Kier molecular flexibility index (Phi) is 3.41. The van der Waals surface area contributed by atoms with Crippen LogP contribution in [0.5, 0.6) is 0 Å². The van der Waals surface area contributed by atoms with Crippen molar-refractivity contribution in [2.75, 3.05) is 0 Å². The predicted molar refractivity (Wildman–Crippen MR) is 72.8 cm³/mol.